The molecule has 0 amide bonds. The highest BCUT2D eigenvalue weighted by molar-refractivity contribution is 5.23. The van der Waals surface area contributed by atoms with E-state index in [0.29, 0.717) is 11.6 Å². The summed E-state index contributed by atoms with van der Waals surface area (Å²) in [5, 5.41) is 9.03. The zero-order chi connectivity index (χ0) is 9.84. The minimum atomic E-state index is -0.0455. The van der Waals surface area contributed by atoms with Crippen LogP contribution in [0.4, 0.5) is 0 Å². The molecule has 0 radical (unpaired) electrons. The summed E-state index contributed by atoms with van der Waals surface area (Å²) in [7, 11) is 0. The second-order valence-electron chi connectivity index (χ2n) is 3.47. The van der Waals surface area contributed by atoms with Crippen molar-refractivity contribution in [2.75, 3.05) is 0 Å². The Hall–Kier alpha value is -0.930. The van der Waals surface area contributed by atoms with Crippen molar-refractivity contribution in [3.63, 3.8) is 0 Å². The Morgan fingerprint density at radius 3 is 2.77 bits per heavy atom. The van der Waals surface area contributed by atoms with Gasteiger partial charge in [-0.25, -0.2) is 0 Å². The maximum absolute atomic E-state index is 9.03. The molecule has 72 valence electrons. The molecular formula is C10H16N2O. The molecule has 0 saturated carbocycles. The summed E-state index contributed by atoms with van der Waals surface area (Å²) in [4.78, 5) is 4.07. The van der Waals surface area contributed by atoms with E-state index in [1.165, 1.54) is 0 Å². The van der Waals surface area contributed by atoms with E-state index >= 15 is 0 Å². The van der Waals surface area contributed by atoms with Crippen LogP contribution in [0.3, 0.4) is 0 Å². The van der Waals surface area contributed by atoms with Crippen molar-refractivity contribution in [2.45, 2.75) is 26.5 Å². The monoisotopic (exact) mass is 180 g/mol. The SMILES string of the molecule is CC(C)[C@@H](N)c1cccnc1CO. The molecule has 0 bridgehead atoms. The predicted octanol–water partition coefficient (Wildman–Crippen LogP) is 1.23. The standard InChI is InChI=1S/C10H16N2O/c1-7(2)10(11)8-4-3-5-12-9(8)6-13/h3-5,7,10,13H,6,11H2,1-2H3/t10-/m1/s1. The van der Waals surface area contributed by atoms with Crippen LogP contribution in [0.25, 0.3) is 0 Å². The molecule has 0 spiro atoms. The van der Waals surface area contributed by atoms with E-state index in [-0.39, 0.29) is 12.6 Å². The van der Waals surface area contributed by atoms with E-state index in [4.69, 9.17) is 10.8 Å². The van der Waals surface area contributed by atoms with Gasteiger partial charge in [-0.05, 0) is 17.5 Å². The molecule has 0 aliphatic heterocycles. The highest BCUT2D eigenvalue weighted by Gasteiger charge is 2.14. The summed E-state index contributed by atoms with van der Waals surface area (Å²) in [6.45, 7) is 4.06. The van der Waals surface area contributed by atoms with Crippen molar-refractivity contribution in [1.29, 1.82) is 0 Å². The third-order valence-corrected chi connectivity index (χ3v) is 2.15. The molecule has 1 atom stereocenters. The topological polar surface area (TPSA) is 59.1 Å². The molecule has 0 saturated heterocycles. The van der Waals surface area contributed by atoms with Gasteiger partial charge in [0.25, 0.3) is 0 Å². The zero-order valence-corrected chi connectivity index (χ0v) is 8.07. The fourth-order valence-corrected chi connectivity index (χ4v) is 1.25. The highest BCUT2D eigenvalue weighted by Crippen LogP contribution is 2.20. The molecule has 3 heteroatoms. The number of nitrogens with two attached hydrogens (primary N) is 1. The van der Waals surface area contributed by atoms with E-state index in [0.717, 1.165) is 5.56 Å². The molecule has 0 fully saturated rings. The summed E-state index contributed by atoms with van der Waals surface area (Å²) in [5.74, 6) is 0.356. The lowest BCUT2D eigenvalue weighted by Gasteiger charge is -2.17. The van der Waals surface area contributed by atoms with Crippen LogP contribution in [-0.4, -0.2) is 10.1 Å². The maximum Gasteiger partial charge on any atom is 0.0856 e. The van der Waals surface area contributed by atoms with E-state index < -0.39 is 0 Å². The Kier molecular flexibility index (Phi) is 3.39. The van der Waals surface area contributed by atoms with E-state index in [2.05, 4.69) is 18.8 Å². The molecule has 1 aromatic rings. The van der Waals surface area contributed by atoms with Gasteiger partial charge in [0.1, 0.15) is 0 Å². The first-order chi connectivity index (χ1) is 6.16. The average molecular weight is 180 g/mol. The lowest BCUT2D eigenvalue weighted by molar-refractivity contribution is 0.273. The Labute approximate surface area is 78.6 Å². The van der Waals surface area contributed by atoms with Gasteiger partial charge in [-0.15, -0.1) is 0 Å². The zero-order valence-electron chi connectivity index (χ0n) is 8.07. The lowest BCUT2D eigenvalue weighted by atomic mass is 9.96. The predicted molar refractivity (Wildman–Crippen MR) is 51.9 cm³/mol. The molecule has 13 heavy (non-hydrogen) atoms. The van der Waals surface area contributed by atoms with Crippen molar-refractivity contribution in [3.05, 3.63) is 29.6 Å². The van der Waals surface area contributed by atoms with Crippen molar-refractivity contribution >= 4 is 0 Å². The van der Waals surface area contributed by atoms with Gasteiger partial charge in [0.05, 0.1) is 12.3 Å². The Balaban J connectivity index is 2.98. The van der Waals surface area contributed by atoms with Crippen LogP contribution in [0.2, 0.25) is 0 Å². The Morgan fingerprint density at radius 1 is 1.54 bits per heavy atom. The number of aromatic nitrogens is 1. The second kappa shape index (κ2) is 4.35. The first-order valence-electron chi connectivity index (χ1n) is 4.47. The van der Waals surface area contributed by atoms with E-state index in [1.807, 2.05) is 12.1 Å². The van der Waals surface area contributed by atoms with Gasteiger partial charge in [-0.1, -0.05) is 19.9 Å². The molecular weight excluding hydrogens is 164 g/mol. The number of rotatable bonds is 3. The van der Waals surface area contributed by atoms with Crippen LogP contribution < -0.4 is 5.73 Å². The molecule has 1 heterocycles. The van der Waals surface area contributed by atoms with Gasteiger partial charge in [0, 0.05) is 12.2 Å². The first-order valence-corrected chi connectivity index (χ1v) is 4.47. The van der Waals surface area contributed by atoms with Crippen LogP contribution in [-0.2, 0) is 6.61 Å². The molecule has 3 N–H and O–H groups in total. The molecule has 1 rings (SSSR count). The average Bonchev–Trinajstić information content (AvgIpc) is 2.16. The fraction of sp³-hybridized carbons (Fsp3) is 0.500. The van der Waals surface area contributed by atoms with Gasteiger partial charge >= 0.3 is 0 Å². The summed E-state index contributed by atoms with van der Waals surface area (Å²) in [6, 6.07) is 3.72. The van der Waals surface area contributed by atoms with Gasteiger partial charge in [0.15, 0.2) is 0 Å². The van der Waals surface area contributed by atoms with E-state index in [1.54, 1.807) is 6.20 Å². The second-order valence-corrected chi connectivity index (χ2v) is 3.47. The van der Waals surface area contributed by atoms with Gasteiger partial charge in [-0.2, -0.15) is 0 Å². The summed E-state index contributed by atoms with van der Waals surface area (Å²) < 4.78 is 0. The lowest BCUT2D eigenvalue weighted by Crippen LogP contribution is -2.19. The minimum absolute atomic E-state index is 0.0450. The van der Waals surface area contributed by atoms with Crippen LogP contribution in [0, 0.1) is 5.92 Å². The number of nitrogens with zero attached hydrogens (tertiary/aromatic N) is 1. The quantitative estimate of drug-likeness (QED) is 0.735. The van der Waals surface area contributed by atoms with Crippen LogP contribution in [0.1, 0.15) is 31.1 Å². The molecule has 3 nitrogen and oxygen atoms in total. The third kappa shape index (κ3) is 2.26. The number of hydrogen-bond donors (Lipinski definition) is 2. The number of aliphatic hydroxyl groups is 1. The number of hydrogen-bond acceptors (Lipinski definition) is 3. The van der Waals surface area contributed by atoms with Crippen molar-refractivity contribution in [1.82, 2.24) is 4.98 Å². The Morgan fingerprint density at radius 2 is 2.23 bits per heavy atom. The number of pyridine rings is 1. The van der Waals surface area contributed by atoms with Gasteiger partial charge in [-0.3, -0.25) is 4.98 Å². The first kappa shape index (κ1) is 10.2. The van der Waals surface area contributed by atoms with Crippen molar-refractivity contribution < 1.29 is 5.11 Å². The minimum Gasteiger partial charge on any atom is -0.390 e. The van der Waals surface area contributed by atoms with E-state index in [9.17, 15) is 0 Å². The van der Waals surface area contributed by atoms with Gasteiger partial charge in [0.2, 0.25) is 0 Å². The molecule has 0 aromatic carbocycles. The van der Waals surface area contributed by atoms with Crippen LogP contribution in [0.5, 0.6) is 0 Å². The molecule has 0 aliphatic rings. The summed E-state index contributed by atoms with van der Waals surface area (Å²) >= 11 is 0. The normalized spacial score (nSPS) is 13.3. The van der Waals surface area contributed by atoms with Crippen LogP contribution >= 0.6 is 0 Å². The van der Waals surface area contributed by atoms with Gasteiger partial charge < -0.3 is 10.8 Å². The maximum atomic E-state index is 9.03. The molecule has 0 unspecified atom stereocenters. The summed E-state index contributed by atoms with van der Waals surface area (Å²) in [6.07, 6.45) is 1.67. The van der Waals surface area contributed by atoms with Crippen molar-refractivity contribution in [2.24, 2.45) is 11.7 Å². The fourth-order valence-electron chi connectivity index (χ4n) is 1.25. The smallest absolute Gasteiger partial charge is 0.0856 e. The Bertz CT molecular complexity index is 273. The van der Waals surface area contributed by atoms with Crippen molar-refractivity contribution in [3.8, 4) is 0 Å². The summed E-state index contributed by atoms with van der Waals surface area (Å²) in [5.41, 5.74) is 7.59. The number of aliphatic hydroxyl groups excluding tert-OH is 1. The highest BCUT2D eigenvalue weighted by atomic mass is 16.3. The van der Waals surface area contributed by atoms with Crippen LogP contribution in [0.15, 0.2) is 18.3 Å². The largest absolute Gasteiger partial charge is 0.390 e. The molecule has 0 aliphatic carbocycles. The third-order valence-electron chi connectivity index (χ3n) is 2.15. The molecule has 1 aromatic heterocycles.